The quantitative estimate of drug-likeness (QED) is 0.786. The Morgan fingerprint density at radius 1 is 1.54 bits per heavy atom. The van der Waals surface area contributed by atoms with Gasteiger partial charge in [0.25, 0.3) is 0 Å². The van der Waals surface area contributed by atoms with E-state index in [0.717, 1.165) is 0 Å². The van der Waals surface area contributed by atoms with Crippen LogP contribution in [0.1, 0.15) is 5.82 Å². The van der Waals surface area contributed by atoms with Crippen LogP contribution in [0.25, 0.3) is 11.0 Å². The van der Waals surface area contributed by atoms with Gasteiger partial charge in [0, 0.05) is 0 Å². The first-order valence-electron chi connectivity index (χ1n) is 3.61. The van der Waals surface area contributed by atoms with Crippen molar-refractivity contribution in [3.63, 3.8) is 0 Å². The third-order valence-corrected chi connectivity index (χ3v) is 2.54. The summed E-state index contributed by atoms with van der Waals surface area (Å²) in [5, 5.41) is 0.666. The van der Waals surface area contributed by atoms with Gasteiger partial charge in [-0.3, -0.25) is 0 Å². The van der Waals surface area contributed by atoms with Crippen LogP contribution in [0.4, 0.5) is 4.39 Å². The first-order valence-corrected chi connectivity index (χ1v) is 5.11. The van der Waals surface area contributed by atoms with E-state index in [-0.39, 0.29) is 5.02 Å². The number of hydrogen-bond acceptors (Lipinski definition) is 1. The molecule has 0 spiro atoms. The Bertz CT molecular complexity index is 455. The minimum Gasteiger partial charge on any atom is -0.341 e. The monoisotopic (exact) mass is 262 g/mol. The highest BCUT2D eigenvalue weighted by molar-refractivity contribution is 9.08. The van der Waals surface area contributed by atoms with Crippen molar-refractivity contribution in [2.24, 2.45) is 0 Å². The van der Waals surface area contributed by atoms with Crippen LogP contribution >= 0.6 is 27.5 Å². The molecule has 0 aliphatic rings. The molecule has 0 saturated heterocycles. The number of aromatic nitrogens is 2. The third kappa shape index (κ3) is 1.44. The largest absolute Gasteiger partial charge is 0.341 e. The molecule has 2 rings (SSSR count). The maximum Gasteiger partial charge on any atom is 0.169 e. The molecule has 5 heteroatoms. The van der Waals surface area contributed by atoms with Crippen molar-refractivity contribution in [2.75, 3.05) is 0 Å². The first kappa shape index (κ1) is 8.97. The van der Waals surface area contributed by atoms with Crippen LogP contribution in [0, 0.1) is 5.82 Å². The number of nitrogens with one attached hydrogen (secondary N) is 1. The molecule has 1 aromatic heterocycles. The number of nitrogens with zero attached hydrogens (tertiary/aromatic N) is 1. The lowest BCUT2D eigenvalue weighted by Gasteiger charge is -1.92. The number of rotatable bonds is 1. The van der Waals surface area contributed by atoms with E-state index in [1.54, 1.807) is 6.07 Å². The third-order valence-electron chi connectivity index (χ3n) is 1.72. The van der Waals surface area contributed by atoms with E-state index in [4.69, 9.17) is 11.6 Å². The van der Waals surface area contributed by atoms with E-state index in [0.29, 0.717) is 22.2 Å². The van der Waals surface area contributed by atoms with Crippen molar-refractivity contribution in [3.05, 3.63) is 28.8 Å². The number of alkyl halides is 1. The van der Waals surface area contributed by atoms with Gasteiger partial charge in [0.15, 0.2) is 5.82 Å². The van der Waals surface area contributed by atoms with Crippen LogP contribution in [0.2, 0.25) is 5.02 Å². The van der Waals surface area contributed by atoms with Gasteiger partial charge >= 0.3 is 0 Å². The van der Waals surface area contributed by atoms with Crippen molar-refractivity contribution in [3.8, 4) is 0 Å². The second-order valence-electron chi connectivity index (χ2n) is 2.57. The normalized spacial score (nSPS) is 11.0. The molecule has 0 radical (unpaired) electrons. The number of H-pyrrole nitrogens is 1. The summed E-state index contributed by atoms with van der Waals surface area (Å²) in [6, 6.07) is 3.22. The molecule has 68 valence electrons. The fourth-order valence-electron chi connectivity index (χ4n) is 1.13. The summed E-state index contributed by atoms with van der Waals surface area (Å²) in [5.74, 6) is 0.221. The summed E-state index contributed by atoms with van der Waals surface area (Å²) in [5.41, 5.74) is 0.957. The molecule has 0 saturated carbocycles. The van der Waals surface area contributed by atoms with Crippen molar-refractivity contribution < 1.29 is 4.39 Å². The van der Waals surface area contributed by atoms with Gasteiger partial charge < -0.3 is 4.98 Å². The van der Waals surface area contributed by atoms with Crippen LogP contribution < -0.4 is 0 Å². The van der Waals surface area contributed by atoms with E-state index < -0.39 is 5.82 Å². The van der Waals surface area contributed by atoms with Crippen molar-refractivity contribution in [1.29, 1.82) is 0 Å². The smallest absolute Gasteiger partial charge is 0.169 e. The van der Waals surface area contributed by atoms with E-state index in [1.165, 1.54) is 6.07 Å². The molecule has 0 bridgehead atoms. The molecule has 2 nitrogen and oxygen atoms in total. The predicted molar refractivity (Wildman–Crippen MR) is 53.7 cm³/mol. The molecule has 1 aromatic carbocycles. The summed E-state index contributed by atoms with van der Waals surface area (Å²) in [6.45, 7) is 0. The van der Waals surface area contributed by atoms with Gasteiger partial charge in [0.1, 0.15) is 11.3 Å². The Hall–Kier alpha value is -0.610. The second-order valence-corrected chi connectivity index (χ2v) is 3.54. The van der Waals surface area contributed by atoms with Crippen molar-refractivity contribution in [2.45, 2.75) is 5.33 Å². The average Bonchev–Trinajstić information content (AvgIpc) is 2.55. The van der Waals surface area contributed by atoms with Gasteiger partial charge in [-0.2, -0.15) is 0 Å². The summed E-state index contributed by atoms with van der Waals surface area (Å²) in [4.78, 5) is 6.99. The Morgan fingerprint density at radius 2 is 2.31 bits per heavy atom. The fraction of sp³-hybridized carbons (Fsp3) is 0.125. The van der Waals surface area contributed by atoms with Crippen LogP contribution in [0.5, 0.6) is 0 Å². The number of imidazole rings is 1. The van der Waals surface area contributed by atoms with E-state index in [1.807, 2.05) is 0 Å². The maximum atomic E-state index is 13.3. The standard InChI is InChI=1S/C8H5BrClFN2/c9-3-6-12-5-2-1-4(10)7(11)8(5)13-6/h1-2H,3H2,(H,12,13). The highest BCUT2D eigenvalue weighted by Gasteiger charge is 2.09. The lowest BCUT2D eigenvalue weighted by molar-refractivity contribution is 0.637. The van der Waals surface area contributed by atoms with Gasteiger partial charge in [0.2, 0.25) is 0 Å². The van der Waals surface area contributed by atoms with E-state index >= 15 is 0 Å². The van der Waals surface area contributed by atoms with Crippen molar-refractivity contribution >= 4 is 38.6 Å². The summed E-state index contributed by atoms with van der Waals surface area (Å²) in [6.07, 6.45) is 0. The first-order chi connectivity index (χ1) is 6.22. The molecular weight excluding hydrogens is 258 g/mol. The Kier molecular flexibility index (Phi) is 2.26. The Balaban J connectivity index is 2.76. The molecule has 0 atom stereocenters. The van der Waals surface area contributed by atoms with Crippen LogP contribution in [-0.4, -0.2) is 9.97 Å². The highest BCUT2D eigenvalue weighted by atomic mass is 79.9. The van der Waals surface area contributed by atoms with E-state index in [2.05, 4.69) is 25.9 Å². The number of benzene rings is 1. The molecule has 1 N–H and O–H groups in total. The lowest BCUT2D eigenvalue weighted by Crippen LogP contribution is -1.80. The molecule has 0 unspecified atom stereocenters. The molecule has 0 amide bonds. The molecule has 0 aliphatic heterocycles. The zero-order valence-corrected chi connectivity index (χ0v) is 8.78. The van der Waals surface area contributed by atoms with Crippen LogP contribution in [-0.2, 0) is 5.33 Å². The SMILES string of the molecule is Fc1c(Cl)ccc2[nH]c(CBr)nc12. The lowest BCUT2D eigenvalue weighted by atomic mass is 10.3. The van der Waals surface area contributed by atoms with Gasteiger partial charge in [-0.1, -0.05) is 27.5 Å². The van der Waals surface area contributed by atoms with Gasteiger partial charge in [-0.05, 0) is 12.1 Å². The van der Waals surface area contributed by atoms with Crippen LogP contribution in [0.3, 0.4) is 0 Å². The zero-order valence-electron chi connectivity index (χ0n) is 6.44. The summed E-state index contributed by atoms with van der Waals surface area (Å²) in [7, 11) is 0. The number of hydrogen-bond donors (Lipinski definition) is 1. The number of halogens is 3. The Morgan fingerprint density at radius 3 is 3.00 bits per heavy atom. The van der Waals surface area contributed by atoms with Gasteiger partial charge in [-0.25, -0.2) is 9.37 Å². The Labute approximate surface area is 87.2 Å². The topological polar surface area (TPSA) is 28.7 Å². The highest BCUT2D eigenvalue weighted by Crippen LogP contribution is 2.23. The summed E-state index contributed by atoms with van der Waals surface area (Å²) >= 11 is 8.83. The zero-order chi connectivity index (χ0) is 9.42. The molecule has 1 heterocycles. The second kappa shape index (κ2) is 3.27. The van der Waals surface area contributed by atoms with Crippen LogP contribution in [0.15, 0.2) is 12.1 Å². The van der Waals surface area contributed by atoms with Crippen molar-refractivity contribution in [1.82, 2.24) is 9.97 Å². The molecule has 2 aromatic rings. The average molecular weight is 263 g/mol. The molecule has 13 heavy (non-hydrogen) atoms. The fourth-order valence-corrected chi connectivity index (χ4v) is 1.55. The molecule has 0 aliphatic carbocycles. The minimum atomic E-state index is -0.470. The van der Waals surface area contributed by atoms with E-state index in [9.17, 15) is 4.39 Å². The molecule has 0 fully saturated rings. The predicted octanol–water partition coefficient (Wildman–Crippen LogP) is 3.25. The van der Waals surface area contributed by atoms with Gasteiger partial charge in [-0.15, -0.1) is 0 Å². The maximum absolute atomic E-state index is 13.3. The van der Waals surface area contributed by atoms with Gasteiger partial charge in [0.05, 0.1) is 15.9 Å². The number of aromatic amines is 1. The number of fused-ring (bicyclic) bond motifs is 1. The summed E-state index contributed by atoms with van der Waals surface area (Å²) < 4.78 is 13.3. The minimum absolute atomic E-state index is 0.0973. The molecular formula is C8H5BrClFN2.